The van der Waals surface area contributed by atoms with Crippen molar-refractivity contribution in [2.75, 3.05) is 31.4 Å². The number of aromatic nitrogens is 3. The molecule has 1 atom stereocenters. The van der Waals surface area contributed by atoms with Gasteiger partial charge in [-0.15, -0.1) is 0 Å². The van der Waals surface area contributed by atoms with Crippen molar-refractivity contribution < 1.29 is 14.2 Å². The number of nitrogens with zero attached hydrogens (tertiary/aromatic N) is 4. The van der Waals surface area contributed by atoms with E-state index in [9.17, 15) is 9.50 Å². The van der Waals surface area contributed by atoms with Crippen molar-refractivity contribution in [2.45, 2.75) is 25.0 Å². The summed E-state index contributed by atoms with van der Waals surface area (Å²) in [5, 5.41) is 12.9. The van der Waals surface area contributed by atoms with E-state index in [2.05, 4.69) is 20.3 Å². The van der Waals surface area contributed by atoms with Crippen molar-refractivity contribution in [3.63, 3.8) is 0 Å². The normalized spacial score (nSPS) is 20.5. The van der Waals surface area contributed by atoms with Crippen molar-refractivity contribution in [1.29, 1.82) is 0 Å². The van der Waals surface area contributed by atoms with Gasteiger partial charge in [0.25, 0.3) is 0 Å². The molecule has 0 aliphatic heterocycles. The van der Waals surface area contributed by atoms with Gasteiger partial charge in [0.2, 0.25) is 5.95 Å². The van der Waals surface area contributed by atoms with Crippen LogP contribution in [0.2, 0.25) is 0 Å². The Bertz CT molecular complexity index is 737. The van der Waals surface area contributed by atoms with Crippen molar-refractivity contribution in [3.05, 3.63) is 36.0 Å². The van der Waals surface area contributed by atoms with Crippen LogP contribution in [0.25, 0.3) is 0 Å². The smallest absolute Gasteiger partial charge is 0.225 e. The monoisotopic (exact) mass is 347 g/mol. The highest BCUT2D eigenvalue weighted by atomic mass is 19.1. The van der Waals surface area contributed by atoms with Gasteiger partial charge in [-0.2, -0.15) is 4.98 Å². The van der Waals surface area contributed by atoms with Gasteiger partial charge in [-0.3, -0.25) is 4.98 Å². The second-order valence-electron chi connectivity index (χ2n) is 6.42. The van der Waals surface area contributed by atoms with Gasteiger partial charge in [0.1, 0.15) is 5.75 Å². The van der Waals surface area contributed by atoms with Crippen LogP contribution in [-0.2, 0) is 0 Å². The van der Waals surface area contributed by atoms with E-state index in [0.717, 1.165) is 11.8 Å². The van der Waals surface area contributed by atoms with Crippen molar-refractivity contribution in [3.8, 4) is 5.75 Å². The lowest BCUT2D eigenvalue weighted by Gasteiger charge is -2.38. The van der Waals surface area contributed by atoms with Crippen LogP contribution < -0.4 is 15.0 Å². The summed E-state index contributed by atoms with van der Waals surface area (Å²) in [6, 6.07) is 1.75. The summed E-state index contributed by atoms with van der Waals surface area (Å²) < 4.78 is 19.1. The molecule has 1 fully saturated rings. The van der Waals surface area contributed by atoms with Gasteiger partial charge in [-0.25, -0.2) is 9.37 Å². The summed E-state index contributed by atoms with van der Waals surface area (Å²) >= 11 is 0. The molecule has 0 spiro atoms. The van der Waals surface area contributed by atoms with Crippen LogP contribution >= 0.6 is 0 Å². The molecule has 0 aromatic carbocycles. The third kappa shape index (κ3) is 3.79. The molecule has 1 saturated carbocycles. The molecule has 1 aliphatic rings. The van der Waals surface area contributed by atoms with Gasteiger partial charge in [-0.05, 0) is 30.4 Å². The Morgan fingerprint density at radius 1 is 1.32 bits per heavy atom. The van der Waals surface area contributed by atoms with Gasteiger partial charge >= 0.3 is 0 Å². The van der Waals surface area contributed by atoms with Crippen molar-refractivity contribution >= 4 is 11.8 Å². The lowest BCUT2D eigenvalue weighted by atomic mass is 9.75. The second kappa shape index (κ2) is 7.18. The number of nitrogens with one attached hydrogen (secondary N) is 1. The van der Waals surface area contributed by atoms with E-state index < -0.39 is 5.82 Å². The molecule has 2 aromatic heterocycles. The van der Waals surface area contributed by atoms with E-state index >= 15 is 0 Å². The Hall–Kier alpha value is -2.48. The Morgan fingerprint density at radius 2 is 2.08 bits per heavy atom. The number of aliphatic hydroxyl groups is 1. The van der Waals surface area contributed by atoms with Crippen LogP contribution in [0.15, 0.2) is 24.7 Å². The van der Waals surface area contributed by atoms with Crippen LogP contribution in [0.4, 0.5) is 16.2 Å². The average molecular weight is 347 g/mol. The highest BCUT2D eigenvalue weighted by Gasteiger charge is 2.35. The van der Waals surface area contributed by atoms with E-state index in [1.54, 1.807) is 38.5 Å². The van der Waals surface area contributed by atoms with Crippen molar-refractivity contribution in [1.82, 2.24) is 15.0 Å². The van der Waals surface area contributed by atoms with Crippen LogP contribution in [0.5, 0.6) is 5.75 Å². The zero-order valence-electron chi connectivity index (χ0n) is 14.5. The molecule has 3 rings (SSSR count). The first-order valence-corrected chi connectivity index (χ1v) is 8.11. The molecule has 25 heavy (non-hydrogen) atoms. The number of methoxy groups -OCH3 is 1. The molecule has 0 bridgehead atoms. The Labute approximate surface area is 145 Å². The van der Waals surface area contributed by atoms with E-state index in [1.807, 2.05) is 6.07 Å². The largest absolute Gasteiger partial charge is 0.495 e. The van der Waals surface area contributed by atoms with E-state index in [4.69, 9.17) is 4.74 Å². The summed E-state index contributed by atoms with van der Waals surface area (Å²) in [6.07, 6.45) is 5.60. The maximum Gasteiger partial charge on any atom is 0.225 e. The predicted molar refractivity (Wildman–Crippen MR) is 92.2 cm³/mol. The fraction of sp³-hybridized carbons (Fsp3) is 0.471. The molecule has 2 heterocycles. The molecule has 1 aliphatic carbocycles. The number of ether oxygens (including phenoxy) is 1. The number of rotatable bonds is 6. The molecule has 2 aromatic rings. The quantitative estimate of drug-likeness (QED) is 0.827. The molecular weight excluding hydrogens is 325 g/mol. The molecular formula is C17H22FN5O2. The third-order valence-corrected chi connectivity index (χ3v) is 4.38. The Kier molecular flexibility index (Phi) is 4.98. The maximum absolute atomic E-state index is 13.8. The topological polar surface area (TPSA) is 83.4 Å². The summed E-state index contributed by atoms with van der Waals surface area (Å²) in [6.45, 7) is 0. The second-order valence-corrected chi connectivity index (χ2v) is 6.42. The fourth-order valence-corrected chi connectivity index (χ4v) is 2.97. The van der Waals surface area contributed by atoms with Crippen LogP contribution in [0.3, 0.4) is 0 Å². The first kappa shape index (κ1) is 17.3. The average Bonchev–Trinajstić information content (AvgIpc) is 2.58. The van der Waals surface area contributed by atoms with Gasteiger partial charge in [0, 0.05) is 20.3 Å². The maximum atomic E-state index is 13.8. The Balaban J connectivity index is 1.89. The molecule has 2 N–H and O–H groups in total. The molecule has 0 radical (unpaired) electrons. The van der Waals surface area contributed by atoms with Gasteiger partial charge in [0.15, 0.2) is 11.6 Å². The zero-order chi connectivity index (χ0) is 18.0. The number of hydrogen-bond donors (Lipinski definition) is 2. The van der Waals surface area contributed by atoms with Crippen molar-refractivity contribution in [2.24, 2.45) is 5.92 Å². The van der Waals surface area contributed by atoms with Gasteiger partial charge < -0.3 is 20.1 Å². The molecule has 8 heteroatoms. The zero-order valence-corrected chi connectivity index (χ0v) is 14.5. The summed E-state index contributed by atoms with van der Waals surface area (Å²) in [7, 11) is 5.03. The van der Waals surface area contributed by atoms with E-state index in [1.165, 1.54) is 0 Å². The van der Waals surface area contributed by atoms with E-state index in [0.29, 0.717) is 24.5 Å². The lowest BCUT2D eigenvalue weighted by molar-refractivity contribution is 0.0338. The fourth-order valence-electron chi connectivity index (χ4n) is 2.97. The number of hydrogen-bond acceptors (Lipinski definition) is 7. The summed E-state index contributed by atoms with van der Waals surface area (Å²) in [5.41, 5.74) is 0.913. The molecule has 7 nitrogen and oxygen atoms in total. The van der Waals surface area contributed by atoms with Crippen LogP contribution in [0, 0.1) is 11.7 Å². The summed E-state index contributed by atoms with van der Waals surface area (Å²) in [5.74, 6) is 0.931. The molecule has 1 unspecified atom stereocenters. The highest BCUT2D eigenvalue weighted by Crippen LogP contribution is 2.40. The predicted octanol–water partition coefficient (Wildman–Crippen LogP) is 2.01. The number of aliphatic hydroxyl groups excluding tert-OH is 1. The number of pyridine rings is 1. The minimum Gasteiger partial charge on any atom is -0.495 e. The highest BCUT2D eigenvalue weighted by molar-refractivity contribution is 5.44. The molecule has 0 amide bonds. The minimum atomic E-state index is -0.478. The SMILES string of the molecule is COc1cncc(C(Nc2ncc(F)c(N(C)C)n2)C2CC(O)C2)c1. The first-order valence-electron chi connectivity index (χ1n) is 8.11. The Morgan fingerprint density at radius 3 is 2.72 bits per heavy atom. The van der Waals surface area contributed by atoms with Gasteiger partial charge in [0.05, 0.1) is 31.6 Å². The molecule has 134 valence electrons. The van der Waals surface area contributed by atoms with Gasteiger partial charge in [-0.1, -0.05) is 0 Å². The standard InChI is InChI=1S/C17H22FN5O2/c1-23(2)16-14(18)9-20-17(22-16)21-15(10-4-12(24)5-10)11-6-13(25-3)8-19-7-11/h6-10,12,15,24H,4-5H2,1-3H3,(H,20,21,22). The summed E-state index contributed by atoms with van der Waals surface area (Å²) in [4.78, 5) is 14.1. The minimum absolute atomic E-state index is 0.147. The molecule has 0 saturated heterocycles. The van der Waals surface area contributed by atoms with E-state index in [-0.39, 0.29) is 23.9 Å². The number of halogens is 1. The van der Waals surface area contributed by atoms with Crippen LogP contribution in [-0.4, -0.2) is 47.4 Å². The van der Waals surface area contributed by atoms with Crippen LogP contribution in [0.1, 0.15) is 24.4 Å². The number of anilines is 2. The lowest BCUT2D eigenvalue weighted by Crippen LogP contribution is -2.36. The first-order chi connectivity index (χ1) is 12.0. The third-order valence-electron chi connectivity index (χ3n) is 4.38.